The molecular weight excluding hydrogens is 210 g/mol. The SMILES string of the molecule is CC(N)n1c(=O)[nH]c2ccc(O)cc2c1=O. The van der Waals surface area contributed by atoms with Crippen molar-refractivity contribution in [3.63, 3.8) is 0 Å². The lowest BCUT2D eigenvalue weighted by Crippen LogP contribution is -2.40. The number of nitrogens with one attached hydrogen (secondary N) is 1. The maximum Gasteiger partial charge on any atom is 0.330 e. The van der Waals surface area contributed by atoms with Gasteiger partial charge in [0, 0.05) is 0 Å². The molecule has 1 heterocycles. The van der Waals surface area contributed by atoms with Gasteiger partial charge < -0.3 is 15.8 Å². The van der Waals surface area contributed by atoms with Crippen LogP contribution in [0, 0.1) is 0 Å². The van der Waals surface area contributed by atoms with Gasteiger partial charge in [-0.25, -0.2) is 9.36 Å². The molecule has 4 N–H and O–H groups in total. The average Bonchev–Trinajstić information content (AvgIpc) is 2.19. The number of hydrogen-bond donors (Lipinski definition) is 3. The molecule has 1 atom stereocenters. The second-order valence-corrected chi connectivity index (χ2v) is 3.58. The van der Waals surface area contributed by atoms with Crippen molar-refractivity contribution in [3.8, 4) is 5.75 Å². The van der Waals surface area contributed by atoms with E-state index in [2.05, 4.69) is 4.98 Å². The number of phenolic OH excluding ortho intramolecular Hbond substituents is 1. The van der Waals surface area contributed by atoms with E-state index < -0.39 is 17.4 Å². The topological polar surface area (TPSA) is 101 Å². The van der Waals surface area contributed by atoms with Crippen molar-refractivity contribution in [1.29, 1.82) is 0 Å². The Bertz CT molecular complexity index is 654. The fourth-order valence-electron chi connectivity index (χ4n) is 1.59. The standard InChI is InChI=1S/C10H11N3O3/c1-5(11)13-9(15)7-4-6(14)2-3-8(7)12-10(13)16/h2-5,14H,11H2,1H3,(H,12,16). The first kappa shape index (κ1) is 10.4. The normalized spacial score (nSPS) is 12.9. The smallest absolute Gasteiger partial charge is 0.330 e. The van der Waals surface area contributed by atoms with Gasteiger partial charge in [-0.15, -0.1) is 0 Å². The third-order valence-corrected chi connectivity index (χ3v) is 2.32. The molecule has 0 saturated carbocycles. The van der Waals surface area contributed by atoms with E-state index in [4.69, 9.17) is 5.73 Å². The van der Waals surface area contributed by atoms with Crippen molar-refractivity contribution in [2.45, 2.75) is 13.1 Å². The Morgan fingerprint density at radius 3 is 2.75 bits per heavy atom. The summed E-state index contributed by atoms with van der Waals surface area (Å²) in [6.45, 7) is 1.53. The van der Waals surface area contributed by atoms with Gasteiger partial charge in [0.25, 0.3) is 5.56 Å². The highest BCUT2D eigenvalue weighted by atomic mass is 16.3. The highest BCUT2D eigenvalue weighted by Crippen LogP contribution is 2.13. The molecule has 0 aliphatic heterocycles. The van der Waals surface area contributed by atoms with Crippen molar-refractivity contribution in [2.75, 3.05) is 0 Å². The van der Waals surface area contributed by atoms with Crippen LogP contribution < -0.4 is 17.0 Å². The third kappa shape index (κ3) is 1.49. The second kappa shape index (κ2) is 3.49. The number of hydrogen-bond acceptors (Lipinski definition) is 4. The van der Waals surface area contributed by atoms with Crippen LogP contribution in [-0.2, 0) is 0 Å². The molecule has 0 radical (unpaired) electrons. The van der Waals surface area contributed by atoms with E-state index in [9.17, 15) is 14.7 Å². The summed E-state index contributed by atoms with van der Waals surface area (Å²) in [6.07, 6.45) is -0.719. The Labute approximate surface area is 89.9 Å². The lowest BCUT2D eigenvalue weighted by molar-refractivity contribution is 0.475. The minimum Gasteiger partial charge on any atom is -0.508 e. The van der Waals surface area contributed by atoms with E-state index in [-0.39, 0.29) is 11.1 Å². The van der Waals surface area contributed by atoms with Gasteiger partial charge in [0.15, 0.2) is 0 Å². The zero-order valence-corrected chi connectivity index (χ0v) is 8.60. The van der Waals surface area contributed by atoms with Crippen LogP contribution in [0.2, 0.25) is 0 Å². The molecule has 1 aromatic heterocycles. The number of H-pyrrole nitrogens is 1. The quantitative estimate of drug-likeness (QED) is 0.624. The van der Waals surface area contributed by atoms with Gasteiger partial charge >= 0.3 is 5.69 Å². The Hall–Kier alpha value is -2.08. The van der Waals surface area contributed by atoms with Crippen molar-refractivity contribution in [2.24, 2.45) is 5.73 Å². The number of rotatable bonds is 1. The molecular formula is C10H11N3O3. The van der Waals surface area contributed by atoms with Gasteiger partial charge in [-0.2, -0.15) is 0 Å². The van der Waals surface area contributed by atoms with E-state index in [1.165, 1.54) is 25.1 Å². The van der Waals surface area contributed by atoms with Gasteiger partial charge in [-0.1, -0.05) is 0 Å². The molecule has 0 spiro atoms. The summed E-state index contributed by atoms with van der Waals surface area (Å²) in [4.78, 5) is 26.0. The van der Waals surface area contributed by atoms with Gasteiger partial charge in [0.2, 0.25) is 0 Å². The molecule has 1 aromatic carbocycles. The van der Waals surface area contributed by atoms with Crippen molar-refractivity contribution in [3.05, 3.63) is 39.0 Å². The fourth-order valence-corrected chi connectivity index (χ4v) is 1.59. The zero-order chi connectivity index (χ0) is 11.9. The Morgan fingerprint density at radius 1 is 1.44 bits per heavy atom. The number of fused-ring (bicyclic) bond motifs is 1. The van der Waals surface area contributed by atoms with Crippen LogP contribution in [0.5, 0.6) is 5.75 Å². The van der Waals surface area contributed by atoms with Crippen LogP contribution in [0.1, 0.15) is 13.1 Å². The first-order chi connectivity index (χ1) is 7.50. The van der Waals surface area contributed by atoms with Crippen LogP contribution in [0.15, 0.2) is 27.8 Å². The van der Waals surface area contributed by atoms with E-state index in [0.29, 0.717) is 5.52 Å². The number of nitrogens with two attached hydrogens (primary N) is 1. The van der Waals surface area contributed by atoms with E-state index in [1.807, 2.05) is 0 Å². The number of phenols is 1. The monoisotopic (exact) mass is 221 g/mol. The third-order valence-electron chi connectivity index (χ3n) is 2.32. The van der Waals surface area contributed by atoms with Crippen molar-refractivity contribution >= 4 is 10.9 Å². The summed E-state index contributed by atoms with van der Waals surface area (Å²) in [5, 5.41) is 9.52. The molecule has 6 heteroatoms. The van der Waals surface area contributed by atoms with E-state index >= 15 is 0 Å². The van der Waals surface area contributed by atoms with Crippen molar-refractivity contribution < 1.29 is 5.11 Å². The number of aromatic hydroxyl groups is 1. The predicted molar refractivity (Wildman–Crippen MR) is 59.4 cm³/mol. The maximum atomic E-state index is 11.9. The molecule has 0 aliphatic carbocycles. The molecule has 0 fully saturated rings. The molecule has 16 heavy (non-hydrogen) atoms. The van der Waals surface area contributed by atoms with Crippen LogP contribution in [0.3, 0.4) is 0 Å². The summed E-state index contributed by atoms with van der Waals surface area (Å²) in [5.74, 6) is -0.0344. The van der Waals surface area contributed by atoms with E-state index in [0.717, 1.165) is 4.57 Å². The fraction of sp³-hybridized carbons (Fsp3) is 0.200. The Balaban J connectivity index is 2.97. The molecule has 6 nitrogen and oxygen atoms in total. The molecule has 1 unspecified atom stereocenters. The summed E-state index contributed by atoms with van der Waals surface area (Å²) in [7, 11) is 0. The maximum absolute atomic E-state index is 11.9. The van der Waals surface area contributed by atoms with Gasteiger partial charge in [-0.3, -0.25) is 4.79 Å². The highest BCUT2D eigenvalue weighted by Gasteiger charge is 2.10. The van der Waals surface area contributed by atoms with Crippen LogP contribution >= 0.6 is 0 Å². The van der Waals surface area contributed by atoms with E-state index in [1.54, 1.807) is 0 Å². The summed E-state index contributed by atoms with van der Waals surface area (Å²) in [5.41, 5.74) is 4.84. The zero-order valence-electron chi connectivity index (χ0n) is 8.60. The second-order valence-electron chi connectivity index (χ2n) is 3.58. The number of nitrogens with zero attached hydrogens (tertiary/aromatic N) is 1. The summed E-state index contributed by atoms with van der Waals surface area (Å²) >= 11 is 0. The number of benzene rings is 1. The molecule has 0 amide bonds. The summed E-state index contributed by atoms with van der Waals surface area (Å²) < 4.78 is 0.905. The summed E-state index contributed by atoms with van der Waals surface area (Å²) in [6, 6.07) is 4.17. The first-order valence-corrected chi connectivity index (χ1v) is 4.74. The van der Waals surface area contributed by atoms with Gasteiger partial charge in [0.1, 0.15) is 5.75 Å². The highest BCUT2D eigenvalue weighted by molar-refractivity contribution is 5.78. The number of aromatic nitrogens is 2. The molecule has 2 rings (SSSR count). The van der Waals surface area contributed by atoms with Crippen molar-refractivity contribution in [1.82, 2.24) is 9.55 Å². The number of aromatic amines is 1. The Morgan fingerprint density at radius 2 is 2.12 bits per heavy atom. The lowest BCUT2D eigenvalue weighted by atomic mass is 10.2. The van der Waals surface area contributed by atoms with Gasteiger partial charge in [-0.05, 0) is 25.1 Å². The van der Waals surface area contributed by atoms with Crippen LogP contribution in [0.25, 0.3) is 10.9 Å². The minimum atomic E-state index is -0.719. The molecule has 0 aliphatic rings. The molecule has 0 saturated heterocycles. The molecule has 0 bridgehead atoms. The predicted octanol–water partition coefficient (Wildman–Crippen LogP) is -0.127. The first-order valence-electron chi connectivity index (χ1n) is 4.74. The van der Waals surface area contributed by atoms with Crippen LogP contribution in [-0.4, -0.2) is 14.7 Å². The van der Waals surface area contributed by atoms with Crippen LogP contribution in [0.4, 0.5) is 0 Å². The largest absolute Gasteiger partial charge is 0.508 e. The Kier molecular flexibility index (Phi) is 2.28. The van der Waals surface area contributed by atoms with Gasteiger partial charge in [0.05, 0.1) is 17.1 Å². The molecule has 2 aromatic rings. The molecule has 84 valence electrons. The lowest BCUT2D eigenvalue weighted by Gasteiger charge is -2.09. The minimum absolute atomic E-state index is 0.0344. The average molecular weight is 221 g/mol.